The molecule has 7 heteroatoms. The van der Waals surface area contributed by atoms with Crippen molar-refractivity contribution >= 4 is 10.0 Å². The highest BCUT2D eigenvalue weighted by Gasteiger charge is 2.29. The lowest BCUT2D eigenvalue weighted by molar-refractivity contribution is 0.0453. The topological polar surface area (TPSA) is 106 Å². The van der Waals surface area contributed by atoms with Gasteiger partial charge in [0.15, 0.2) is 0 Å². The van der Waals surface area contributed by atoms with Crippen molar-refractivity contribution in [3.63, 3.8) is 0 Å². The maximum atomic E-state index is 11.8. The van der Waals surface area contributed by atoms with Crippen molar-refractivity contribution in [2.24, 2.45) is 11.7 Å². The molecule has 1 aromatic rings. The molecule has 0 radical (unpaired) electrons. The standard InChI is InChI=1S/C10H16N2O4S/c11-5-9-1-2-10(16-9)17(14,15)12-6-7-3-8(13)4-7/h1-2,7-8,12-13H,3-6,11H2. The van der Waals surface area contributed by atoms with Crippen LogP contribution in [-0.2, 0) is 16.6 Å². The van der Waals surface area contributed by atoms with E-state index in [0.717, 1.165) is 0 Å². The van der Waals surface area contributed by atoms with E-state index < -0.39 is 10.0 Å². The van der Waals surface area contributed by atoms with E-state index in [2.05, 4.69) is 4.72 Å². The van der Waals surface area contributed by atoms with Crippen LogP contribution in [0.4, 0.5) is 0 Å². The number of sulfonamides is 1. The number of rotatable bonds is 5. The molecule has 2 rings (SSSR count). The van der Waals surface area contributed by atoms with Crippen LogP contribution in [0.25, 0.3) is 0 Å². The zero-order chi connectivity index (χ0) is 12.5. The molecule has 0 atom stereocenters. The number of aliphatic hydroxyl groups excluding tert-OH is 1. The van der Waals surface area contributed by atoms with E-state index in [0.29, 0.717) is 25.1 Å². The van der Waals surface area contributed by atoms with Gasteiger partial charge < -0.3 is 15.3 Å². The van der Waals surface area contributed by atoms with Crippen molar-refractivity contribution in [2.45, 2.75) is 30.6 Å². The molecule has 1 aliphatic carbocycles. The average Bonchev–Trinajstić information content (AvgIpc) is 2.72. The van der Waals surface area contributed by atoms with Gasteiger partial charge in [-0.15, -0.1) is 0 Å². The SMILES string of the molecule is NCc1ccc(S(=O)(=O)NCC2CC(O)C2)o1. The lowest BCUT2D eigenvalue weighted by Gasteiger charge is -2.31. The smallest absolute Gasteiger partial charge is 0.273 e. The number of hydrogen-bond acceptors (Lipinski definition) is 5. The highest BCUT2D eigenvalue weighted by Crippen LogP contribution is 2.26. The van der Waals surface area contributed by atoms with E-state index >= 15 is 0 Å². The molecule has 17 heavy (non-hydrogen) atoms. The molecule has 0 saturated heterocycles. The van der Waals surface area contributed by atoms with Crippen LogP contribution >= 0.6 is 0 Å². The maximum Gasteiger partial charge on any atom is 0.273 e. The van der Waals surface area contributed by atoms with E-state index in [-0.39, 0.29) is 23.7 Å². The van der Waals surface area contributed by atoms with E-state index in [1.807, 2.05) is 0 Å². The van der Waals surface area contributed by atoms with Gasteiger partial charge in [-0.3, -0.25) is 0 Å². The molecule has 1 aliphatic rings. The summed E-state index contributed by atoms with van der Waals surface area (Å²) in [6, 6.07) is 2.93. The van der Waals surface area contributed by atoms with Gasteiger partial charge >= 0.3 is 0 Å². The van der Waals surface area contributed by atoms with Gasteiger partial charge in [-0.05, 0) is 30.9 Å². The molecule has 1 aromatic heterocycles. The third-order valence-electron chi connectivity index (χ3n) is 2.88. The van der Waals surface area contributed by atoms with Crippen LogP contribution in [0.3, 0.4) is 0 Å². The molecule has 0 amide bonds. The van der Waals surface area contributed by atoms with Gasteiger partial charge in [0.2, 0.25) is 5.09 Å². The summed E-state index contributed by atoms with van der Waals surface area (Å²) < 4.78 is 31.1. The first kappa shape index (κ1) is 12.6. The molecular weight excluding hydrogens is 244 g/mol. The molecule has 4 N–H and O–H groups in total. The summed E-state index contributed by atoms with van der Waals surface area (Å²) in [5.74, 6) is 0.646. The van der Waals surface area contributed by atoms with Gasteiger partial charge in [-0.2, -0.15) is 0 Å². The normalized spacial score (nSPS) is 24.6. The van der Waals surface area contributed by atoms with Crippen LogP contribution in [-0.4, -0.2) is 26.2 Å². The van der Waals surface area contributed by atoms with Crippen molar-refractivity contribution in [2.75, 3.05) is 6.54 Å². The molecular formula is C10H16N2O4S. The number of furan rings is 1. The molecule has 6 nitrogen and oxygen atoms in total. The van der Waals surface area contributed by atoms with Gasteiger partial charge in [0, 0.05) is 6.54 Å². The Labute approximate surface area is 99.9 Å². The van der Waals surface area contributed by atoms with Crippen LogP contribution in [0.15, 0.2) is 21.6 Å². The fraction of sp³-hybridized carbons (Fsp3) is 0.600. The zero-order valence-electron chi connectivity index (χ0n) is 9.30. The van der Waals surface area contributed by atoms with Crippen molar-refractivity contribution in [1.82, 2.24) is 4.72 Å². The Kier molecular flexibility index (Phi) is 3.53. The third-order valence-corrected chi connectivity index (χ3v) is 4.17. The van der Waals surface area contributed by atoms with Gasteiger partial charge in [0.1, 0.15) is 5.76 Å². The summed E-state index contributed by atoms with van der Waals surface area (Å²) in [4.78, 5) is 0. The fourth-order valence-electron chi connectivity index (χ4n) is 1.78. The first-order chi connectivity index (χ1) is 8.01. The Morgan fingerprint density at radius 1 is 1.47 bits per heavy atom. The molecule has 0 bridgehead atoms. The minimum Gasteiger partial charge on any atom is -0.447 e. The van der Waals surface area contributed by atoms with Crippen molar-refractivity contribution in [3.05, 3.63) is 17.9 Å². The Hall–Kier alpha value is -0.890. The maximum absolute atomic E-state index is 11.8. The van der Waals surface area contributed by atoms with Crippen LogP contribution in [0, 0.1) is 5.92 Å². The monoisotopic (exact) mass is 260 g/mol. The highest BCUT2D eigenvalue weighted by molar-refractivity contribution is 7.89. The molecule has 1 heterocycles. The van der Waals surface area contributed by atoms with E-state index in [9.17, 15) is 8.42 Å². The number of aliphatic hydroxyl groups is 1. The van der Waals surface area contributed by atoms with Crippen LogP contribution in [0.1, 0.15) is 18.6 Å². The van der Waals surface area contributed by atoms with Crippen molar-refractivity contribution in [1.29, 1.82) is 0 Å². The largest absolute Gasteiger partial charge is 0.447 e. The Morgan fingerprint density at radius 3 is 2.71 bits per heavy atom. The van der Waals surface area contributed by atoms with E-state index in [4.69, 9.17) is 15.3 Å². The molecule has 1 saturated carbocycles. The van der Waals surface area contributed by atoms with E-state index in [1.165, 1.54) is 6.07 Å². The second-order valence-electron chi connectivity index (χ2n) is 4.27. The Morgan fingerprint density at radius 2 is 2.18 bits per heavy atom. The molecule has 0 spiro atoms. The van der Waals surface area contributed by atoms with Gasteiger partial charge in [-0.25, -0.2) is 13.1 Å². The summed E-state index contributed by atoms with van der Waals surface area (Å²) in [6.07, 6.45) is 1.01. The van der Waals surface area contributed by atoms with Crippen LogP contribution in [0.2, 0.25) is 0 Å². The number of nitrogens with two attached hydrogens (primary N) is 1. The summed E-state index contributed by atoms with van der Waals surface area (Å²) >= 11 is 0. The summed E-state index contributed by atoms with van der Waals surface area (Å²) in [5.41, 5.74) is 5.34. The van der Waals surface area contributed by atoms with E-state index in [1.54, 1.807) is 6.07 Å². The molecule has 1 fully saturated rings. The fourth-order valence-corrected chi connectivity index (χ4v) is 2.84. The summed E-state index contributed by atoms with van der Waals surface area (Å²) in [6.45, 7) is 0.502. The molecule has 96 valence electrons. The summed E-state index contributed by atoms with van der Waals surface area (Å²) in [7, 11) is -3.59. The predicted octanol–water partition coefficient (Wildman–Crippen LogP) is -0.212. The predicted molar refractivity (Wildman–Crippen MR) is 60.5 cm³/mol. The quantitative estimate of drug-likeness (QED) is 0.679. The van der Waals surface area contributed by atoms with Gasteiger partial charge in [-0.1, -0.05) is 0 Å². The summed E-state index contributed by atoms with van der Waals surface area (Å²) in [5, 5.41) is 8.98. The second kappa shape index (κ2) is 4.77. The molecule has 0 aliphatic heterocycles. The lowest BCUT2D eigenvalue weighted by atomic mass is 9.83. The molecule has 0 aromatic carbocycles. The minimum absolute atomic E-state index is 0.113. The van der Waals surface area contributed by atoms with Crippen molar-refractivity contribution < 1.29 is 17.9 Å². The van der Waals surface area contributed by atoms with Gasteiger partial charge in [0.05, 0.1) is 12.6 Å². The zero-order valence-corrected chi connectivity index (χ0v) is 10.1. The third kappa shape index (κ3) is 2.86. The average molecular weight is 260 g/mol. The number of hydrogen-bond donors (Lipinski definition) is 3. The van der Waals surface area contributed by atoms with Crippen LogP contribution < -0.4 is 10.5 Å². The number of nitrogens with one attached hydrogen (secondary N) is 1. The Balaban J connectivity index is 1.94. The second-order valence-corrected chi connectivity index (χ2v) is 5.97. The van der Waals surface area contributed by atoms with Gasteiger partial charge in [0.25, 0.3) is 10.0 Å². The first-order valence-corrected chi connectivity index (χ1v) is 6.96. The highest BCUT2D eigenvalue weighted by atomic mass is 32.2. The lowest BCUT2D eigenvalue weighted by Crippen LogP contribution is -2.38. The minimum atomic E-state index is -3.59. The van der Waals surface area contributed by atoms with Crippen molar-refractivity contribution in [3.8, 4) is 0 Å². The first-order valence-electron chi connectivity index (χ1n) is 5.48. The molecule has 0 unspecified atom stereocenters. The van der Waals surface area contributed by atoms with Crippen LogP contribution in [0.5, 0.6) is 0 Å². The Bertz CT molecular complexity index is 476.